The van der Waals surface area contributed by atoms with Gasteiger partial charge in [-0.1, -0.05) is 6.07 Å². The van der Waals surface area contributed by atoms with Crippen LogP contribution in [-0.4, -0.2) is 47.5 Å². The molecule has 1 atom stereocenters. The molecule has 1 aliphatic rings. The fraction of sp³-hybridized carbons (Fsp3) is 0.250. The first-order valence-electron chi connectivity index (χ1n) is 8.89. The van der Waals surface area contributed by atoms with Crippen LogP contribution in [0, 0.1) is 5.82 Å². The maximum atomic E-state index is 13.6. The van der Waals surface area contributed by atoms with Crippen LogP contribution in [0.5, 0.6) is 5.75 Å². The third-order valence-corrected chi connectivity index (χ3v) is 4.79. The summed E-state index contributed by atoms with van der Waals surface area (Å²) < 4.78 is 25.1. The molecule has 0 radical (unpaired) electrons. The van der Waals surface area contributed by atoms with Gasteiger partial charge in [0, 0.05) is 31.4 Å². The topological polar surface area (TPSA) is 80.5 Å². The van der Waals surface area contributed by atoms with Crippen molar-refractivity contribution in [1.82, 2.24) is 20.2 Å². The third-order valence-electron chi connectivity index (χ3n) is 4.79. The Kier molecular flexibility index (Phi) is 5.03. The van der Waals surface area contributed by atoms with Crippen molar-refractivity contribution in [1.29, 1.82) is 0 Å². The van der Waals surface area contributed by atoms with E-state index in [2.05, 4.69) is 15.3 Å². The van der Waals surface area contributed by atoms with Gasteiger partial charge >= 0.3 is 0 Å². The molecule has 1 N–H and O–H groups in total. The van der Waals surface area contributed by atoms with Crippen molar-refractivity contribution < 1.29 is 18.3 Å². The monoisotopic (exact) mass is 382 g/mol. The number of rotatable bonds is 6. The Labute approximate surface area is 161 Å². The minimum Gasteiger partial charge on any atom is -0.489 e. The number of piperazine rings is 1. The standard InChI is InChI=1S/C20H19FN4O3/c21-16-4-1-3-15(9-16)19-24-18(11-27-19)20(12-23-7-8-25(20)14-26)13-28-17-5-2-6-22-10-17/h1-6,9-11,14,23H,7-8,12-13H2. The molecule has 8 heteroatoms. The van der Waals surface area contributed by atoms with E-state index in [0.29, 0.717) is 36.6 Å². The van der Waals surface area contributed by atoms with Crippen LogP contribution in [0.4, 0.5) is 4.39 Å². The van der Waals surface area contributed by atoms with E-state index in [1.165, 1.54) is 18.4 Å². The number of benzene rings is 1. The van der Waals surface area contributed by atoms with Crippen molar-refractivity contribution in [3.8, 4) is 17.2 Å². The van der Waals surface area contributed by atoms with Gasteiger partial charge in [0.05, 0.1) is 6.20 Å². The van der Waals surface area contributed by atoms with Gasteiger partial charge in [0.1, 0.15) is 35.7 Å². The van der Waals surface area contributed by atoms with Gasteiger partial charge in [0.2, 0.25) is 12.3 Å². The lowest BCUT2D eigenvalue weighted by Crippen LogP contribution is -2.61. The Hall–Kier alpha value is -3.26. The highest BCUT2D eigenvalue weighted by molar-refractivity contribution is 5.55. The first-order valence-corrected chi connectivity index (χ1v) is 8.89. The fourth-order valence-corrected chi connectivity index (χ4v) is 3.29. The normalized spacial score (nSPS) is 19.4. The number of nitrogens with zero attached hydrogens (tertiary/aromatic N) is 3. The quantitative estimate of drug-likeness (QED) is 0.659. The molecule has 1 aliphatic heterocycles. The van der Waals surface area contributed by atoms with E-state index >= 15 is 0 Å². The molecule has 3 aromatic rings. The predicted octanol–water partition coefficient (Wildman–Crippen LogP) is 2.21. The number of pyridine rings is 1. The Morgan fingerprint density at radius 2 is 2.29 bits per heavy atom. The Morgan fingerprint density at radius 3 is 3.07 bits per heavy atom. The molecular weight excluding hydrogens is 363 g/mol. The Balaban J connectivity index is 1.68. The summed E-state index contributed by atoms with van der Waals surface area (Å²) in [5.74, 6) is 0.500. The summed E-state index contributed by atoms with van der Waals surface area (Å²) >= 11 is 0. The van der Waals surface area contributed by atoms with Gasteiger partial charge in [-0.25, -0.2) is 9.37 Å². The molecule has 0 spiro atoms. The molecule has 1 saturated heterocycles. The molecule has 1 amide bonds. The van der Waals surface area contributed by atoms with Crippen molar-refractivity contribution in [3.05, 3.63) is 66.6 Å². The van der Waals surface area contributed by atoms with Crippen molar-refractivity contribution in [3.63, 3.8) is 0 Å². The number of carbonyl (C=O) groups is 1. The maximum absolute atomic E-state index is 13.6. The number of halogens is 1. The maximum Gasteiger partial charge on any atom is 0.226 e. The van der Waals surface area contributed by atoms with Gasteiger partial charge in [0.15, 0.2) is 0 Å². The molecule has 1 aromatic carbocycles. The average molecular weight is 382 g/mol. The number of ether oxygens (including phenoxy) is 1. The molecule has 0 saturated carbocycles. The zero-order valence-corrected chi connectivity index (χ0v) is 15.0. The van der Waals surface area contributed by atoms with Crippen molar-refractivity contribution in [2.24, 2.45) is 0 Å². The lowest BCUT2D eigenvalue weighted by molar-refractivity contribution is -0.127. The smallest absolute Gasteiger partial charge is 0.226 e. The van der Waals surface area contributed by atoms with Gasteiger partial charge in [0.25, 0.3) is 0 Å². The van der Waals surface area contributed by atoms with Crippen LogP contribution in [0.25, 0.3) is 11.5 Å². The van der Waals surface area contributed by atoms with E-state index in [9.17, 15) is 9.18 Å². The zero-order chi connectivity index (χ0) is 19.4. The van der Waals surface area contributed by atoms with E-state index in [1.54, 1.807) is 41.6 Å². The molecule has 144 valence electrons. The summed E-state index contributed by atoms with van der Waals surface area (Å²) in [7, 11) is 0. The van der Waals surface area contributed by atoms with E-state index in [1.807, 2.05) is 0 Å². The molecule has 28 heavy (non-hydrogen) atoms. The van der Waals surface area contributed by atoms with Crippen molar-refractivity contribution in [2.45, 2.75) is 5.54 Å². The van der Waals surface area contributed by atoms with Gasteiger partial charge in [-0.05, 0) is 30.3 Å². The van der Waals surface area contributed by atoms with Gasteiger partial charge in [-0.2, -0.15) is 0 Å². The Morgan fingerprint density at radius 1 is 1.36 bits per heavy atom. The summed E-state index contributed by atoms with van der Waals surface area (Å²) in [5, 5.41) is 3.30. The van der Waals surface area contributed by atoms with E-state index in [-0.39, 0.29) is 18.3 Å². The zero-order valence-electron chi connectivity index (χ0n) is 15.0. The molecule has 4 rings (SSSR count). The summed E-state index contributed by atoms with van der Waals surface area (Å²) in [6.45, 7) is 1.78. The highest BCUT2D eigenvalue weighted by Crippen LogP contribution is 2.32. The molecule has 0 aliphatic carbocycles. The number of carbonyl (C=O) groups excluding carboxylic acids is 1. The second kappa shape index (κ2) is 7.77. The number of oxazole rings is 1. The van der Waals surface area contributed by atoms with Crippen LogP contribution < -0.4 is 10.1 Å². The van der Waals surface area contributed by atoms with Crippen molar-refractivity contribution in [2.75, 3.05) is 26.2 Å². The van der Waals surface area contributed by atoms with Crippen LogP contribution in [0.15, 0.2) is 59.5 Å². The van der Waals surface area contributed by atoms with Crippen molar-refractivity contribution >= 4 is 6.41 Å². The SMILES string of the molecule is O=CN1CCNCC1(COc1cccnc1)c1coc(-c2cccc(F)c2)n1. The summed E-state index contributed by atoms with van der Waals surface area (Å²) in [4.78, 5) is 22.1. The van der Waals surface area contributed by atoms with Gasteiger partial charge in [-0.3, -0.25) is 9.78 Å². The number of hydrogen-bond acceptors (Lipinski definition) is 6. The number of amides is 1. The Bertz CT molecular complexity index is 949. The molecule has 7 nitrogen and oxygen atoms in total. The van der Waals surface area contributed by atoms with Crippen LogP contribution in [-0.2, 0) is 10.3 Å². The third kappa shape index (κ3) is 3.46. The van der Waals surface area contributed by atoms with E-state index < -0.39 is 5.54 Å². The second-order valence-corrected chi connectivity index (χ2v) is 6.53. The van der Waals surface area contributed by atoms with Crippen LogP contribution >= 0.6 is 0 Å². The summed E-state index contributed by atoms with van der Waals surface area (Å²) in [6, 6.07) is 9.59. The minimum atomic E-state index is -0.856. The first kappa shape index (κ1) is 18.1. The van der Waals surface area contributed by atoms with E-state index in [0.717, 1.165) is 6.41 Å². The summed E-state index contributed by atoms with van der Waals surface area (Å²) in [5.41, 5.74) is 0.205. The van der Waals surface area contributed by atoms with Crippen LogP contribution in [0.1, 0.15) is 5.69 Å². The number of hydrogen-bond donors (Lipinski definition) is 1. The molecular formula is C20H19FN4O3. The molecule has 2 aromatic heterocycles. The van der Waals surface area contributed by atoms with Crippen LogP contribution in [0.2, 0.25) is 0 Å². The molecule has 1 fully saturated rings. The van der Waals surface area contributed by atoms with Crippen LogP contribution in [0.3, 0.4) is 0 Å². The highest BCUT2D eigenvalue weighted by atomic mass is 19.1. The summed E-state index contributed by atoms with van der Waals surface area (Å²) in [6.07, 6.45) is 5.56. The fourth-order valence-electron chi connectivity index (χ4n) is 3.29. The molecule has 1 unspecified atom stereocenters. The molecule has 0 bridgehead atoms. The van der Waals surface area contributed by atoms with Gasteiger partial charge < -0.3 is 19.4 Å². The average Bonchev–Trinajstić information content (AvgIpc) is 3.24. The second-order valence-electron chi connectivity index (χ2n) is 6.53. The number of nitrogens with one attached hydrogen (secondary N) is 1. The minimum absolute atomic E-state index is 0.166. The molecule has 3 heterocycles. The lowest BCUT2D eigenvalue weighted by Gasteiger charge is -2.43. The first-order chi connectivity index (χ1) is 13.7. The van der Waals surface area contributed by atoms with Gasteiger partial charge in [-0.15, -0.1) is 0 Å². The predicted molar refractivity (Wildman–Crippen MR) is 98.9 cm³/mol. The van der Waals surface area contributed by atoms with E-state index in [4.69, 9.17) is 9.15 Å². The highest BCUT2D eigenvalue weighted by Gasteiger charge is 2.44. The lowest BCUT2D eigenvalue weighted by atomic mass is 9.92. The number of aromatic nitrogens is 2. The largest absolute Gasteiger partial charge is 0.489 e.